The SMILES string of the molecule is Cc1cc2ncn(-c3cc(CN)ccc3C)c2cc1C. The Bertz CT molecular complexity index is 784. The van der Waals surface area contributed by atoms with E-state index in [1.54, 1.807) is 0 Å². The highest BCUT2D eigenvalue weighted by molar-refractivity contribution is 5.79. The van der Waals surface area contributed by atoms with E-state index < -0.39 is 0 Å². The molecule has 3 aromatic rings. The average molecular weight is 265 g/mol. The minimum atomic E-state index is 0.554. The molecule has 0 bridgehead atoms. The van der Waals surface area contributed by atoms with Crippen LogP contribution in [0.25, 0.3) is 16.7 Å². The van der Waals surface area contributed by atoms with Crippen LogP contribution in [0.5, 0.6) is 0 Å². The molecule has 0 saturated heterocycles. The van der Waals surface area contributed by atoms with Crippen molar-refractivity contribution in [3.8, 4) is 5.69 Å². The molecule has 0 unspecified atom stereocenters. The third kappa shape index (κ3) is 2.00. The highest BCUT2D eigenvalue weighted by atomic mass is 15.0. The first kappa shape index (κ1) is 12.9. The van der Waals surface area contributed by atoms with Crippen molar-refractivity contribution in [2.24, 2.45) is 5.73 Å². The van der Waals surface area contributed by atoms with E-state index in [-0.39, 0.29) is 0 Å². The lowest BCUT2D eigenvalue weighted by atomic mass is 10.1. The zero-order chi connectivity index (χ0) is 14.3. The van der Waals surface area contributed by atoms with Gasteiger partial charge in [-0.15, -0.1) is 0 Å². The summed E-state index contributed by atoms with van der Waals surface area (Å²) < 4.78 is 2.15. The largest absolute Gasteiger partial charge is 0.326 e. The van der Waals surface area contributed by atoms with E-state index in [4.69, 9.17) is 5.73 Å². The summed E-state index contributed by atoms with van der Waals surface area (Å²) in [5, 5.41) is 0. The summed E-state index contributed by atoms with van der Waals surface area (Å²) in [6.07, 6.45) is 1.90. The number of nitrogens with zero attached hydrogens (tertiary/aromatic N) is 2. The van der Waals surface area contributed by atoms with Gasteiger partial charge in [0.15, 0.2) is 0 Å². The van der Waals surface area contributed by atoms with Crippen molar-refractivity contribution < 1.29 is 0 Å². The second kappa shape index (κ2) is 4.76. The van der Waals surface area contributed by atoms with Gasteiger partial charge in [0.25, 0.3) is 0 Å². The predicted molar refractivity (Wildman–Crippen MR) is 83.2 cm³/mol. The molecule has 0 fully saturated rings. The molecule has 0 saturated carbocycles. The Morgan fingerprint density at radius 2 is 1.75 bits per heavy atom. The summed E-state index contributed by atoms with van der Waals surface area (Å²) in [5.41, 5.74) is 14.0. The topological polar surface area (TPSA) is 43.8 Å². The van der Waals surface area contributed by atoms with E-state index in [1.165, 1.54) is 16.7 Å². The maximum absolute atomic E-state index is 5.75. The standard InChI is InChI=1S/C17H19N3/c1-11-4-5-14(9-18)8-16(11)20-10-19-15-6-12(2)13(3)7-17(15)20/h4-8,10H,9,18H2,1-3H3. The molecule has 0 aliphatic rings. The minimum absolute atomic E-state index is 0.554. The Kier molecular flexibility index (Phi) is 3.07. The number of fused-ring (bicyclic) bond motifs is 1. The molecule has 0 aliphatic carbocycles. The molecule has 2 aromatic carbocycles. The van der Waals surface area contributed by atoms with Crippen LogP contribution in [0.1, 0.15) is 22.3 Å². The first-order chi connectivity index (χ1) is 9.60. The normalized spacial score (nSPS) is 11.2. The highest BCUT2D eigenvalue weighted by Crippen LogP contribution is 2.24. The molecule has 0 spiro atoms. The van der Waals surface area contributed by atoms with Crippen LogP contribution in [-0.4, -0.2) is 9.55 Å². The first-order valence-corrected chi connectivity index (χ1v) is 6.84. The fourth-order valence-electron chi connectivity index (χ4n) is 2.50. The van der Waals surface area contributed by atoms with E-state index in [1.807, 2.05) is 6.33 Å². The second-order valence-electron chi connectivity index (χ2n) is 5.36. The van der Waals surface area contributed by atoms with Crippen LogP contribution in [0.15, 0.2) is 36.7 Å². The van der Waals surface area contributed by atoms with Crippen LogP contribution >= 0.6 is 0 Å². The number of imidazole rings is 1. The first-order valence-electron chi connectivity index (χ1n) is 6.84. The van der Waals surface area contributed by atoms with Gasteiger partial charge in [0.1, 0.15) is 6.33 Å². The summed E-state index contributed by atoms with van der Waals surface area (Å²) in [4.78, 5) is 4.53. The molecular formula is C17H19N3. The third-order valence-corrected chi connectivity index (χ3v) is 3.93. The molecule has 0 aliphatic heterocycles. The Labute approximate surface area is 119 Å². The van der Waals surface area contributed by atoms with Crippen molar-refractivity contribution in [1.29, 1.82) is 0 Å². The number of rotatable bonds is 2. The smallest absolute Gasteiger partial charge is 0.100 e. The molecular weight excluding hydrogens is 246 g/mol. The Morgan fingerprint density at radius 3 is 2.50 bits per heavy atom. The average Bonchev–Trinajstić information content (AvgIpc) is 2.83. The number of hydrogen-bond acceptors (Lipinski definition) is 2. The molecule has 3 nitrogen and oxygen atoms in total. The molecule has 20 heavy (non-hydrogen) atoms. The lowest BCUT2D eigenvalue weighted by Gasteiger charge is -2.11. The summed E-state index contributed by atoms with van der Waals surface area (Å²) in [5.74, 6) is 0. The third-order valence-electron chi connectivity index (χ3n) is 3.93. The van der Waals surface area contributed by atoms with Crippen molar-refractivity contribution in [2.75, 3.05) is 0 Å². The van der Waals surface area contributed by atoms with Crippen LogP contribution in [0.3, 0.4) is 0 Å². The molecule has 1 aromatic heterocycles. The van der Waals surface area contributed by atoms with Gasteiger partial charge in [-0.3, -0.25) is 4.57 Å². The lowest BCUT2D eigenvalue weighted by Crippen LogP contribution is -2.01. The zero-order valence-corrected chi connectivity index (χ0v) is 12.1. The van der Waals surface area contributed by atoms with Crippen LogP contribution in [0, 0.1) is 20.8 Å². The van der Waals surface area contributed by atoms with Crippen molar-refractivity contribution >= 4 is 11.0 Å². The summed E-state index contributed by atoms with van der Waals surface area (Å²) in [7, 11) is 0. The van der Waals surface area contributed by atoms with Gasteiger partial charge in [-0.05, 0) is 61.2 Å². The summed E-state index contributed by atoms with van der Waals surface area (Å²) >= 11 is 0. The van der Waals surface area contributed by atoms with E-state index in [0.29, 0.717) is 6.54 Å². The van der Waals surface area contributed by atoms with Gasteiger partial charge >= 0.3 is 0 Å². The maximum atomic E-state index is 5.75. The van der Waals surface area contributed by atoms with Crippen molar-refractivity contribution in [3.63, 3.8) is 0 Å². The molecule has 3 heteroatoms. The molecule has 102 valence electrons. The summed E-state index contributed by atoms with van der Waals surface area (Å²) in [6, 6.07) is 10.7. The number of nitrogens with two attached hydrogens (primary N) is 1. The molecule has 2 N–H and O–H groups in total. The number of benzene rings is 2. The maximum Gasteiger partial charge on any atom is 0.100 e. The van der Waals surface area contributed by atoms with Crippen LogP contribution in [-0.2, 0) is 6.54 Å². The fraction of sp³-hybridized carbons (Fsp3) is 0.235. The van der Waals surface area contributed by atoms with E-state index in [2.05, 4.69) is 60.7 Å². The van der Waals surface area contributed by atoms with Gasteiger partial charge in [-0.1, -0.05) is 12.1 Å². The van der Waals surface area contributed by atoms with Gasteiger partial charge < -0.3 is 5.73 Å². The quantitative estimate of drug-likeness (QED) is 0.771. The highest BCUT2D eigenvalue weighted by Gasteiger charge is 2.09. The van der Waals surface area contributed by atoms with Crippen molar-refractivity contribution in [1.82, 2.24) is 9.55 Å². The lowest BCUT2D eigenvalue weighted by molar-refractivity contribution is 1.03. The van der Waals surface area contributed by atoms with Gasteiger partial charge in [0.05, 0.1) is 16.7 Å². The molecule has 3 rings (SSSR count). The van der Waals surface area contributed by atoms with Gasteiger partial charge in [-0.2, -0.15) is 0 Å². The number of hydrogen-bond donors (Lipinski definition) is 1. The van der Waals surface area contributed by atoms with E-state index >= 15 is 0 Å². The van der Waals surface area contributed by atoms with Crippen LogP contribution in [0.2, 0.25) is 0 Å². The number of aromatic nitrogens is 2. The second-order valence-corrected chi connectivity index (χ2v) is 5.36. The van der Waals surface area contributed by atoms with Gasteiger partial charge in [0.2, 0.25) is 0 Å². The van der Waals surface area contributed by atoms with Gasteiger partial charge in [-0.25, -0.2) is 4.98 Å². The Hall–Kier alpha value is -2.13. The molecule has 0 radical (unpaired) electrons. The molecule has 0 atom stereocenters. The van der Waals surface area contributed by atoms with Crippen LogP contribution in [0.4, 0.5) is 0 Å². The Balaban J connectivity index is 2.27. The van der Waals surface area contributed by atoms with Gasteiger partial charge in [0, 0.05) is 6.54 Å². The van der Waals surface area contributed by atoms with E-state index in [0.717, 1.165) is 22.3 Å². The Morgan fingerprint density at radius 1 is 1.00 bits per heavy atom. The monoisotopic (exact) mass is 265 g/mol. The predicted octanol–water partition coefficient (Wildman–Crippen LogP) is 3.41. The minimum Gasteiger partial charge on any atom is -0.326 e. The van der Waals surface area contributed by atoms with Crippen molar-refractivity contribution in [2.45, 2.75) is 27.3 Å². The number of aryl methyl sites for hydroxylation is 3. The summed E-state index contributed by atoms with van der Waals surface area (Å²) in [6.45, 7) is 6.92. The molecule has 1 heterocycles. The molecule has 0 amide bonds. The van der Waals surface area contributed by atoms with Crippen LogP contribution < -0.4 is 5.73 Å². The fourth-order valence-corrected chi connectivity index (χ4v) is 2.50. The zero-order valence-electron chi connectivity index (χ0n) is 12.1. The van der Waals surface area contributed by atoms with Crippen molar-refractivity contribution in [3.05, 3.63) is 58.9 Å². The van der Waals surface area contributed by atoms with E-state index in [9.17, 15) is 0 Å².